The van der Waals surface area contributed by atoms with Crippen LogP contribution in [0.2, 0.25) is 0 Å². The summed E-state index contributed by atoms with van der Waals surface area (Å²) in [6, 6.07) is 24.0. The number of nitrogens with two attached hydrogens (primary N) is 1. The van der Waals surface area contributed by atoms with E-state index in [2.05, 4.69) is 5.32 Å². The van der Waals surface area contributed by atoms with Gasteiger partial charge in [0.1, 0.15) is 19.3 Å². The van der Waals surface area contributed by atoms with Crippen LogP contribution in [0.4, 0.5) is 4.79 Å². The van der Waals surface area contributed by atoms with Gasteiger partial charge in [0.05, 0.1) is 4.90 Å². The van der Waals surface area contributed by atoms with Gasteiger partial charge in [-0.15, -0.1) is 0 Å². The summed E-state index contributed by atoms with van der Waals surface area (Å²) in [6.45, 7) is 2.67. The highest BCUT2D eigenvalue weighted by molar-refractivity contribution is 7.85. The lowest BCUT2D eigenvalue weighted by atomic mass is 10.1. The van der Waals surface area contributed by atoms with Gasteiger partial charge < -0.3 is 20.5 Å². The van der Waals surface area contributed by atoms with Gasteiger partial charge in [-0.05, 0) is 56.0 Å². The third-order valence-corrected chi connectivity index (χ3v) is 6.15. The van der Waals surface area contributed by atoms with Crippen LogP contribution in [0.5, 0.6) is 0 Å². The molecule has 3 aromatic carbocycles. The van der Waals surface area contributed by atoms with Crippen molar-refractivity contribution in [2.24, 2.45) is 5.73 Å². The number of amides is 1. The number of benzene rings is 3. The molecule has 3 aromatic rings. The first-order chi connectivity index (χ1) is 18.2. The highest BCUT2D eigenvalue weighted by atomic mass is 32.2. The molecule has 1 amide bonds. The van der Waals surface area contributed by atoms with Crippen LogP contribution >= 0.6 is 0 Å². The third-order valence-electron chi connectivity index (χ3n) is 5.28. The minimum Gasteiger partial charge on any atom is -0.459 e. The number of ether oxygens (including phenoxy) is 2. The van der Waals surface area contributed by atoms with E-state index in [0.717, 1.165) is 23.1 Å². The molecule has 0 bridgehead atoms. The molecular weight excluding hydrogens is 508 g/mol. The van der Waals surface area contributed by atoms with E-state index in [1.807, 2.05) is 67.6 Å². The van der Waals surface area contributed by atoms with Crippen molar-refractivity contribution in [1.82, 2.24) is 5.32 Å². The Bertz CT molecular complexity index is 1220. The van der Waals surface area contributed by atoms with Gasteiger partial charge in [0, 0.05) is 0 Å². The molecule has 1 atom stereocenters. The number of hydrogen-bond acceptors (Lipinski definition) is 7. The second-order valence-electron chi connectivity index (χ2n) is 8.42. The van der Waals surface area contributed by atoms with Gasteiger partial charge >= 0.3 is 12.1 Å². The van der Waals surface area contributed by atoms with Crippen molar-refractivity contribution < 1.29 is 32.0 Å². The Hall–Kier alpha value is -3.73. The number of nitrogens with one attached hydrogen (secondary N) is 1. The second kappa shape index (κ2) is 16.2. The number of carbonyl (C=O) groups is 2. The van der Waals surface area contributed by atoms with E-state index >= 15 is 0 Å². The van der Waals surface area contributed by atoms with Crippen LogP contribution in [0.25, 0.3) is 0 Å². The highest BCUT2D eigenvalue weighted by Gasteiger charge is 2.22. The van der Waals surface area contributed by atoms with Crippen molar-refractivity contribution in [2.45, 2.75) is 50.3 Å². The van der Waals surface area contributed by atoms with Gasteiger partial charge in [0.15, 0.2) is 0 Å². The van der Waals surface area contributed by atoms with E-state index in [0.29, 0.717) is 19.4 Å². The molecule has 4 N–H and O–H groups in total. The van der Waals surface area contributed by atoms with Crippen molar-refractivity contribution in [3.8, 4) is 0 Å². The largest absolute Gasteiger partial charge is 0.459 e. The normalized spacial score (nSPS) is 11.4. The van der Waals surface area contributed by atoms with E-state index in [1.165, 1.54) is 12.1 Å². The summed E-state index contributed by atoms with van der Waals surface area (Å²) in [4.78, 5) is 24.4. The minimum absolute atomic E-state index is 0.0666. The number of alkyl carbamates (subject to hydrolysis) is 1. The van der Waals surface area contributed by atoms with Crippen molar-refractivity contribution in [3.05, 3.63) is 102 Å². The Labute approximate surface area is 223 Å². The number of carbonyl (C=O) groups excluding carboxylic acids is 2. The first-order valence-corrected chi connectivity index (χ1v) is 13.5. The summed E-state index contributed by atoms with van der Waals surface area (Å²) in [5.41, 5.74) is 8.23. The number of unbranched alkanes of at least 4 members (excludes halogenated alkanes) is 1. The molecule has 1 unspecified atom stereocenters. The van der Waals surface area contributed by atoms with E-state index in [-0.39, 0.29) is 18.1 Å². The maximum absolute atomic E-state index is 12.4. The van der Waals surface area contributed by atoms with Crippen LogP contribution in [0.1, 0.15) is 36.0 Å². The van der Waals surface area contributed by atoms with E-state index in [1.54, 1.807) is 12.1 Å². The Morgan fingerprint density at radius 2 is 1.37 bits per heavy atom. The Morgan fingerprint density at radius 3 is 1.87 bits per heavy atom. The van der Waals surface area contributed by atoms with Crippen molar-refractivity contribution in [1.29, 1.82) is 0 Å². The maximum Gasteiger partial charge on any atom is 0.408 e. The zero-order valence-electron chi connectivity index (χ0n) is 21.3. The third kappa shape index (κ3) is 12.0. The summed E-state index contributed by atoms with van der Waals surface area (Å²) in [7, 11) is -4.02. The van der Waals surface area contributed by atoms with Gasteiger partial charge in [-0.1, -0.05) is 78.4 Å². The standard InChI is InChI=1S/C21H26N2O4.C7H8O3S/c22-14-8-7-13-19(20(24)26-15-17-9-3-1-4-10-17)23-21(25)27-16-18-11-5-2-6-12-18;1-6-2-4-7(5-3-6)11(8,9)10/h1-6,9-12,19H,7-8,13-16,22H2,(H,23,25);2-5H,1H3,(H,8,9,10). The van der Waals surface area contributed by atoms with Gasteiger partial charge in [-0.25, -0.2) is 9.59 Å². The van der Waals surface area contributed by atoms with Crippen LogP contribution in [0, 0.1) is 6.92 Å². The average Bonchev–Trinajstić information content (AvgIpc) is 2.91. The van der Waals surface area contributed by atoms with Crippen LogP contribution in [0.3, 0.4) is 0 Å². The first kappa shape index (κ1) is 30.5. The SMILES string of the molecule is Cc1ccc(S(=O)(=O)O)cc1.NCCCCC(NC(=O)OCc1ccccc1)C(=O)OCc1ccccc1. The van der Waals surface area contributed by atoms with Gasteiger partial charge in [0.25, 0.3) is 10.1 Å². The summed E-state index contributed by atoms with van der Waals surface area (Å²) in [5, 5.41) is 2.61. The van der Waals surface area contributed by atoms with Gasteiger partial charge in [0.2, 0.25) is 0 Å². The van der Waals surface area contributed by atoms with Crippen molar-refractivity contribution >= 4 is 22.2 Å². The second-order valence-corrected chi connectivity index (χ2v) is 9.85. The smallest absolute Gasteiger partial charge is 0.408 e. The van der Waals surface area contributed by atoms with Gasteiger partial charge in [-0.3, -0.25) is 4.55 Å². The fraction of sp³-hybridized carbons (Fsp3) is 0.286. The molecule has 0 aliphatic carbocycles. The van der Waals surface area contributed by atoms with E-state index in [4.69, 9.17) is 19.8 Å². The molecule has 38 heavy (non-hydrogen) atoms. The van der Waals surface area contributed by atoms with Crippen LogP contribution < -0.4 is 11.1 Å². The monoisotopic (exact) mass is 542 g/mol. The zero-order valence-corrected chi connectivity index (χ0v) is 22.1. The molecule has 0 aromatic heterocycles. The van der Waals surface area contributed by atoms with Crippen LogP contribution in [0.15, 0.2) is 89.8 Å². The molecule has 10 heteroatoms. The van der Waals surface area contributed by atoms with Gasteiger partial charge in [-0.2, -0.15) is 8.42 Å². The lowest BCUT2D eigenvalue weighted by Gasteiger charge is -2.17. The average molecular weight is 543 g/mol. The predicted octanol–water partition coefficient (Wildman–Crippen LogP) is 4.40. The molecule has 0 aliphatic rings. The number of rotatable bonds is 11. The Morgan fingerprint density at radius 1 is 0.842 bits per heavy atom. The zero-order chi connectivity index (χ0) is 27.8. The summed E-state index contributed by atoms with van der Waals surface area (Å²) >= 11 is 0. The molecule has 0 saturated carbocycles. The fourth-order valence-electron chi connectivity index (χ4n) is 3.19. The molecule has 0 saturated heterocycles. The van der Waals surface area contributed by atoms with Crippen molar-refractivity contribution in [2.75, 3.05) is 6.54 Å². The predicted molar refractivity (Wildman–Crippen MR) is 144 cm³/mol. The topological polar surface area (TPSA) is 145 Å². The fourth-order valence-corrected chi connectivity index (χ4v) is 3.67. The minimum atomic E-state index is -4.02. The molecule has 0 fully saturated rings. The molecule has 0 heterocycles. The molecule has 0 spiro atoms. The molecule has 3 rings (SSSR count). The lowest BCUT2D eigenvalue weighted by molar-refractivity contribution is -0.147. The highest BCUT2D eigenvalue weighted by Crippen LogP contribution is 2.09. The van der Waals surface area contributed by atoms with E-state index in [9.17, 15) is 18.0 Å². The maximum atomic E-state index is 12.4. The quantitative estimate of drug-likeness (QED) is 0.184. The summed E-state index contributed by atoms with van der Waals surface area (Å²) in [5.74, 6) is -0.479. The Balaban J connectivity index is 0.000000384. The molecular formula is C28H34N2O7S. The van der Waals surface area contributed by atoms with E-state index < -0.39 is 28.2 Å². The number of esters is 1. The molecule has 0 radical (unpaired) electrons. The van der Waals surface area contributed by atoms with Crippen LogP contribution in [-0.4, -0.2) is 37.6 Å². The van der Waals surface area contributed by atoms with Crippen molar-refractivity contribution in [3.63, 3.8) is 0 Å². The lowest BCUT2D eigenvalue weighted by Crippen LogP contribution is -2.42. The number of hydrogen-bond donors (Lipinski definition) is 3. The summed E-state index contributed by atoms with van der Waals surface area (Å²) in [6.07, 6.45) is 1.28. The molecule has 204 valence electrons. The Kier molecular flexibility index (Phi) is 13.0. The molecule has 0 aliphatic heterocycles. The summed E-state index contributed by atoms with van der Waals surface area (Å²) < 4.78 is 40.1. The van der Waals surface area contributed by atoms with Crippen LogP contribution in [-0.2, 0) is 37.6 Å². The number of aryl methyl sites for hydroxylation is 1. The first-order valence-electron chi connectivity index (χ1n) is 12.1. The molecule has 9 nitrogen and oxygen atoms in total.